The lowest BCUT2D eigenvalue weighted by atomic mass is 10.2. The predicted molar refractivity (Wildman–Crippen MR) is 97.0 cm³/mol. The molecule has 118 valence electrons. The van der Waals surface area contributed by atoms with Crippen molar-refractivity contribution in [3.05, 3.63) is 83.8 Å². The largest absolute Gasteiger partial charge is 0.487 e. The van der Waals surface area contributed by atoms with Crippen LogP contribution in [0, 0.1) is 0 Å². The van der Waals surface area contributed by atoms with Crippen molar-refractivity contribution < 1.29 is 4.74 Å². The van der Waals surface area contributed by atoms with Gasteiger partial charge in [-0.15, -0.1) is 0 Å². The highest BCUT2D eigenvalue weighted by molar-refractivity contribution is 5.80. The molecule has 0 fully saturated rings. The Morgan fingerprint density at radius 2 is 1.96 bits per heavy atom. The van der Waals surface area contributed by atoms with Gasteiger partial charge in [-0.1, -0.05) is 30.3 Å². The number of nitrogens with zero attached hydrogens (tertiary/aromatic N) is 1. The molecule has 0 amide bonds. The second-order valence-corrected chi connectivity index (χ2v) is 5.53. The van der Waals surface area contributed by atoms with Gasteiger partial charge >= 0.3 is 0 Å². The van der Waals surface area contributed by atoms with Gasteiger partial charge in [-0.2, -0.15) is 0 Å². The molecular formula is C20H17N3O. The molecule has 2 aromatic heterocycles. The Balaban J connectivity index is 1.64. The Hall–Kier alpha value is -3.27. The van der Waals surface area contributed by atoms with E-state index in [0.717, 1.165) is 34.1 Å². The van der Waals surface area contributed by atoms with Gasteiger partial charge in [0, 0.05) is 18.5 Å². The summed E-state index contributed by atoms with van der Waals surface area (Å²) in [5, 5.41) is 0. The van der Waals surface area contributed by atoms with Crippen LogP contribution in [0.25, 0.3) is 17.5 Å². The number of nitrogens with one attached hydrogen (secondary N) is 2. The number of hydrogen-bond acceptors (Lipinski definition) is 2. The third kappa shape index (κ3) is 3.08. The van der Waals surface area contributed by atoms with Crippen molar-refractivity contribution in [1.29, 1.82) is 0 Å². The van der Waals surface area contributed by atoms with Crippen molar-refractivity contribution in [3.63, 3.8) is 0 Å². The van der Waals surface area contributed by atoms with Gasteiger partial charge in [-0.05, 0) is 35.9 Å². The third-order valence-electron chi connectivity index (χ3n) is 3.80. The second-order valence-electron chi connectivity index (χ2n) is 5.53. The van der Waals surface area contributed by atoms with Crippen molar-refractivity contribution in [3.8, 4) is 17.1 Å². The van der Waals surface area contributed by atoms with E-state index in [9.17, 15) is 0 Å². The first-order chi connectivity index (χ1) is 11.9. The Morgan fingerprint density at radius 1 is 1.04 bits per heavy atom. The first kappa shape index (κ1) is 14.3. The molecular weight excluding hydrogens is 298 g/mol. The van der Waals surface area contributed by atoms with Crippen LogP contribution in [0.2, 0.25) is 0 Å². The summed E-state index contributed by atoms with van der Waals surface area (Å²) in [7, 11) is 0. The first-order valence-electron chi connectivity index (χ1n) is 7.84. The van der Waals surface area contributed by atoms with Crippen LogP contribution in [0.4, 0.5) is 0 Å². The molecule has 0 saturated heterocycles. The van der Waals surface area contributed by atoms with E-state index >= 15 is 0 Å². The van der Waals surface area contributed by atoms with Gasteiger partial charge in [0.15, 0.2) is 0 Å². The average Bonchev–Trinajstić information content (AvgIpc) is 3.36. The minimum absolute atomic E-state index is 0.526. The highest BCUT2D eigenvalue weighted by Gasteiger charge is 2.11. The van der Waals surface area contributed by atoms with Gasteiger partial charge in [0.25, 0.3) is 0 Å². The molecule has 0 unspecified atom stereocenters. The number of allylic oxidation sites excluding steroid dienone is 2. The van der Waals surface area contributed by atoms with Gasteiger partial charge in [-0.25, -0.2) is 0 Å². The number of H-pyrrole nitrogens is 2. The third-order valence-corrected chi connectivity index (χ3v) is 3.80. The van der Waals surface area contributed by atoms with Crippen molar-refractivity contribution >= 4 is 12.3 Å². The molecule has 0 saturated carbocycles. The summed E-state index contributed by atoms with van der Waals surface area (Å²) >= 11 is 0. The molecule has 4 nitrogen and oxygen atoms in total. The maximum absolute atomic E-state index is 6.05. The van der Waals surface area contributed by atoms with E-state index in [4.69, 9.17) is 4.74 Å². The normalized spacial score (nSPS) is 14.6. The summed E-state index contributed by atoms with van der Waals surface area (Å²) in [4.78, 5) is 10.9. The SMILES string of the molecule is C1=C/C(=C/c2[nH]c(-c3ccc[nH]3)cc2OCc2ccccc2)N=C1. The van der Waals surface area contributed by atoms with E-state index in [0.29, 0.717) is 6.61 Å². The summed E-state index contributed by atoms with van der Waals surface area (Å²) in [5.74, 6) is 0.812. The van der Waals surface area contributed by atoms with Crippen LogP contribution in [0.15, 0.2) is 77.6 Å². The van der Waals surface area contributed by atoms with E-state index in [2.05, 4.69) is 27.1 Å². The Bertz CT molecular complexity index is 886. The van der Waals surface area contributed by atoms with Crippen molar-refractivity contribution in [2.45, 2.75) is 6.61 Å². The maximum Gasteiger partial charge on any atom is 0.145 e. The zero-order valence-corrected chi connectivity index (χ0v) is 13.1. The molecule has 3 aromatic rings. The van der Waals surface area contributed by atoms with Crippen LogP contribution >= 0.6 is 0 Å². The monoisotopic (exact) mass is 315 g/mol. The zero-order valence-electron chi connectivity index (χ0n) is 13.1. The Labute approximate surface area is 140 Å². The number of rotatable bonds is 5. The maximum atomic E-state index is 6.05. The van der Waals surface area contributed by atoms with Crippen LogP contribution in [-0.2, 0) is 6.61 Å². The number of benzene rings is 1. The highest BCUT2D eigenvalue weighted by Crippen LogP contribution is 2.29. The number of aliphatic imine (C=N–C) groups is 1. The molecule has 1 aliphatic heterocycles. The smallest absolute Gasteiger partial charge is 0.145 e. The molecule has 4 heteroatoms. The molecule has 4 rings (SSSR count). The van der Waals surface area contributed by atoms with Gasteiger partial charge in [0.2, 0.25) is 0 Å². The Kier molecular flexibility index (Phi) is 3.86. The minimum Gasteiger partial charge on any atom is -0.487 e. The molecule has 2 N–H and O–H groups in total. The summed E-state index contributed by atoms with van der Waals surface area (Å²) in [5.41, 5.74) is 4.96. The lowest BCUT2D eigenvalue weighted by molar-refractivity contribution is 0.306. The van der Waals surface area contributed by atoms with Crippen LogP contribution in [-0.4, -0.2) is 16.2 Å². The minimum atomic E-state index is 0.526. The van der Waals surface area contributed by atoms with Crippen molar-refractivity contribution in [1.82, 2.24) is 9.97 Å². The summed E-state index contributed by atoms with van der Waals surface area (Å²) in [6, 6.07) is 16.2. The lowest BCUT2D eigenvalue weighted by Gasteiger charge is -2.05. The molecule has 1 aliphatic rings. The number of ether oxygens (including phenoxy) is 1. The average molecular weight is 315 g/mol. The van der Waals surface area contributed by atoms with Crippen LogP contribution < -0.4 is 4.74 Å². The molecule has 24 heavy (non-hydrogen) atoms. The van der Waals surface area contributed by atoms with Crippen molar-refractivity contribution in [2.75, 3.05) is 0 Å². The van der Waals surface area contributed by atoms with E-state index in [1.165, 1.54) is 0 Å². The van der Waals surface area contributed by atoms with E-state index < -0.39 is 0 Å². The van der Waals surface area contributed by atoms with E-state index in [1.54, 1.807) is 6.21 Å². The first-order valence-corrected chi connectivity index (χ1v) is 7.84. The quantitative estimate of drug-likeness (QED) is 0.712. The number of aromatic nitrogens is 2. The summed E-state index contributed by atoms with van der Waals surface area (Å²) < 4.78 is 6.05. The highest BCUT2D eigenvalue weighted by atomic mass is 16.5. The predicted octanol–water partition coefficient (Wildman–Crippen LogP) is 4.57. The lowest BCUT2D eigenvalue weighted by Crippen LogP contribution is -1.95. The van der Waals surface area contributed by atoms with E-state index in [1.807, 2.05) is 60.8 Å². The van der Waals surface area contributed by atoms with Gasteiger partial charge in [-0.3, -0.25) is 4.99 Å². The van der Waals surface area contributed by atoms with E-state index in [-0.39, 0.29) is 0 Å². The molecule has 0 spiro atoms. The summed E-state index contributed by atoms with van der Waals surface area (Å²) in [6.45, 7) is 0.526. The Morgan fingerprint density at radius 3 is 2.71 bits per heavy atom. The fourth-order valence-corrected chi connectivity index (χ4v) is 2.60. The molecule has 0 bridgehead atoms. The molecule has 0 radical (unpaired) electrons. The molecule has 3 heterocycles. The standard InChI is InChI=1S/C20H17N3O/c1-2-6-15(7-3-1)14-24-20-13-18(17-9-5-11-22-17)23-19(20)12-16-8-4-10-21-16/h1-13,22-23H,14H2/b16-12-. The topological polar surface area (TPSA) is 53.2 Å². The molecule has 0 atom stereocenters. The van der Waals surface area contributed by atoms with Crippen molar-refractivity contribution in [2.24, 2.45) is 4.99 Å². The molecule has 0 aliphatic carbocycles. The summed E-state index contributed by atoms with van der Waals surface area (Å²) in [6.07, 6.45) is 9.57. The van der Waals surface area contributed by atoms with Gasteiger partial charge in [0.05, 0.1) is 22.8 Å². The number of hydrogen-bond donors (Lipinski definition) is 2. The van der Waals surface area contributed by atoms with Gasteiger partial charge in [0.1, 0.15) is 12.4 Å². The van der Waals surface area contributed by atoms with Gasteiger partial charge < -0.3 is 14.7 Å². The number of aromatic amines is 2. The second kappa shape index (κ2) is 6.46. The fraction of sp³-hybridized carbons (Fsp3) is 0.0500. The van der Waals surface area contributed by atoms with Crippen LogP contribution in [0.1, 0.15) is 11.3 Å². The van der Waals surface area contributed by atoms with Crippen LogP contribution in [0.5, 0.6) is 5.75 Å². The molecule has 1 aromatic carbocycles. The zero-order chi connectivity index (χ0) is 16.2. The fourth-order valence-electron chi connectivity index (χ4n) is 2.60. The van der Waals surface area contributed by atoms with Crippen LogP contribution in [0.3, 0.4) is 0 Å².